The van der Waals surface area contributed by atoms with E-state index in [9.17, 15) is 9.59 Å². The number of anilines is 1. The van der Waals surface area contributed by atoms with Crippen molar-refractivity contribution in [3.05, 3.63) is 71.3 Å². The van der Waals surface area contributed by atoms with Gasteiger partial charge in [-0.05, 0) is 40.8 Å². The Hall–Kier alpha value is -2.88. The van der Waals surface area contributed by atoms with Crippen molar-refractivity contribution in [3.63, 3.8) is 0 Å². The fourth-order valence-corrected chi connectivity index (χ4v) is 2.33. The van der Waals surface area contributed by atoms with Crippen LogP contribution in [0, 0.1) is 0 Å². The molecule has 2 N–H and O–H groups in total. The van der Waals surface area contributed by atoms with Crippen LogP contribution in [0.1, 0.15) is 36.5 Å². The molecule has 0 unspecified atom stereocenters. The van der Waals surface area contributed by atoms with Gasteiger partial charge in [-0.3, -0.25) is 9.59 Å². The normalized spacial score (nSPS) is 10.9. The standard InChI is InChI=1S/C21H24N2O2/c1-15(2)18-9-4-16(5-10-18)8-13-20(24)23-19-11-6-17(7-12-19)14-21(25)22-3/h4-13,15H,14H2,1-3H3,(H,22,25)(H,23,24)/b13-8+. The van der Waals surface area contributed by atoms with Gasteiger partial charge in [-0.2, -0.15) is 0 Å². The molecule has 0 saturated heterocycles. The van der Waals surface area contributed by atoms with E-state index < -0.39 is 0 Å². The Bertz CT molecular complexity index is 744. The average molecular weight is 336 g/mol. The topological polar surface area (TPSA) is 58.2 Å². The number of likely N-dealkylation sites (N-methyl/N-ethyl adjacent to an activating group) is 1. The van der Waals surface area contributed by atoms with Crippen molar-refractivity contribution < 1.29 is 9.59 Å². The number of benzene rings is 2. The maximum atomic E-state index is 12.0. The lowest BCUT2D eigenvalue weighted by atomic mass is 10.0. The molecule has 2 aromatic rings. The average Bonchev–Trinajstić information content (AvgIpc) is 2.62. The third kappa shape index (κ3) is 5.92. The summed E-state index contributed by atoms with van der Waals surface area (Å²) in [7, 11) is 1.61. The molecule has 4 nitrogen and oxygen atoms in total. The van der Waals surface area contributed by atoms with Crippen molar-refractivity contribution in [2.45, 2.75) is 26.2 Å². The molecule has 0 atom stereocenters. The monoisotopic (exact) mass is 336 g/mol. The second-order valence-corrected chi connectivity index (χ2v) is 6.19. The summed E-state index contributed by atoms with van der Waals surface area (Å²) in [5.41, 5.74) is 3.86. The van der Waals surface area contributed by atoms with E-state index >= 15 is 0 Å². The first-order chi connectivity index (χ1) is 12.0. The molecule has 0 fully saturated rings. The Morgan fingerprint density at radius 2 is 1.64 bits per heavy atom. The smallest absolute Gasteiger partial charge is 0.248 e. The number of nitrogens with one attached hydrogen (secondary N) is 2. The summed E-state index contributed by atoms with van der Waals surface area (Å²) in [5, 5.41) is 5.39. The van der Waals surface area contributed by atoms with Crippen LogP contribution in [-0.4, -0.2) is 18.9 Å². The summed E-state index contributed by atoms with van der Waals surface area (Å²) in [4.78, 5) is 23.3. The molecule has 0 aliphatic rings. The van der Waals surface area contributed by atoms with Crippen LogP contribution >= 0.6 is 0 Å². The minimum Gasteiger partial charge on any atom is -0.359 e. The van der Waals surface area contributed by atoms with Crippen LogP contribution in [0.15, 0.2) is 54.6 Å². The highest BCUT2D eigenvalue weighted by molar-refractivity contribution is 6.01. The maximum Gasteiger partial charge on any atom is 0.248 e. The summed E-state index contributed by atoms with van der Waals surface area (Å²) in [6.45, 7) is 4.30. The molecular formula is C21H24N2O2. The van der Waals surface area contributed by atoms with Crippen molar-refractivity contribution in [3.8, 4) is 0 Å². The zero-order valence-electron chi connectivity index (χ0n) is 14.9. The molecule has 130 valence electrons. The second-order valence-electron chi connectivity index (χ2n) is 6.19. The first kappa shape index (κ1) is 18.5. The molecule has 2 aromatic carbocycles. The molecule has 0 radical (unpaired) electrons. The Kier molecular flexibility index (Phi) is 6.52. The SMILES string of the molecule is CNC(=O)Cc1ccc(NC(=O)/C=C/c2ccc(C(C)C)cc2)cc1. The second kappa shape index (κ2) is 8.83. The molecule has 0 heterocycles. The first-order valence-electron chi connectivity index (χ1n) is 8.36. The van der Waals surface area contributed by atoms with Gasteiger partial charge in [0.25, 0.3) is 0 Å². The van der Waals surface area contributed by atoms with Gasteiger partial charge in [0.2, 0.25) is 11.8 Å². The first-order valence-corrected chi connectivity index (χ1v) is 8.36. The van der Waals surface area contributed by atoms with Crippen molar-refractivity contribution in [1.82, 2.24) is 5.32 Å². The van der Waals surface area contributed by atoms with E-state index in [0.29, 0.717) is 18.0 Å². The number of hydrogen-bond donors (Lipinski definition) is 2. The van der Waals surface area contributed by atoms with Gasteiger partial charge in [-0.15, -0.1) is 0 Å². The fraction of sp³-hybridized carbons (Fsp3) is 0.238. The third-order valence-corrected chi connectivity index (χ3v) is 3.90. The minimum atomic E-state index is -0.188. The molecule has 0 bridgehead atoms. The molecule has 0 aliphatic carbocycles. The van der Waals surface area contributed by atoms with Crippen LogP contribution < -0.4 is 10.6 Å². The molecule has 2 amide bonds. The molecule has 0 aromatic heterocycles. The Balaban J connectivity index is 1.92. The Morgan fingerprint density at radius 1 is 1.00 bits per heavy atom. The number of carbonyl (C=O) groups excluding carboxylic acids is 2. The molecule has 0 aliphatic heterocycles. The predicted molar refractivity (Wildman–Crippen MR) is 102 cm³/mol. The fourth-order valence-electron chi connectivity index (χ4n) is 2.33. The van der Waals surface area contributed by atoms with Gasteiger partial charge in [-0.25, -0.2) is 0 Å². The van der Waals surface area contributed by atoms with Crippen molar-refractivity contribution in [2.75, 3.05) is 12.4 Å². The van der Waals surface area contributed by atoms with Crippen molar-refractivity contribution >= 4 is 23.6 Å². The quantitative estimate of drug-likeness (QED) is 0.789. The van der Waals surface area contributed by atoms with Gasteiger partial charge in [0.05, 0.1) is 6.42 Å². The maximum absolute atomic E-state index is 12.0. The van der Waals surface area contributed by atoms with Gasteiger partial charge < -0.3 is 10.6 Å². The number of amides is 2. The van der Waals surface area contributed by atoms with Crippen molar-refractivity contribution in [1.29, 1.82) is 0 Å². The highest BCUT2D eigenvalue weighted by atomic mass is 16.2. The van der Waals surface area contributed by atoms with E-state index in [-0.39, 0.29) is 11.8 Å². The molecule has 0 spiro atoms. The van der Waals surface area contributed by atoms with Crippen LogP contribution in [0.3, 0.4) is 0 Å². The largest absolute Gasteiger partial charge is 0.359 e. The lowest BCUT2D eigenvalue weighted by Gasteiger charge is -2.05. The molecule has 2 rings (SSSR count). The van der Waals surface area contributed by atoms with Crippen LogP contribution in [0.2, 0.25) is 0 Å². The Labute approximate surface area is 149 Å². The van der Waals surface area contributed by atoms with E-state index in [4.69, 9.17) is 0 Å². The van der Waals surface area contributed by atoms with Crippen LogP contribution in [-0.2, 0) is 16.0 Å². The molecule has 25 heavy (non-hydrogen) atoms. The summed E-state index contributed by atoms with van der Waals surface area (Å²) < 4.78 is 0. The number of hydrogen-bond acceptors (Lipinski definition) is 2. The summed E-state index contributed by atoms with van der Waals surface area (Å²) in [5.74, 6) is 0.267. The molecular weight excluding hydrogens is 312 g/mol. The van der Waals surface area contributed by atoms with Crippen molar-refractivity contribution in [2.24, 2.45) is 0 Å². The summed E-state index contributed by atoms with van der Waals surface area (Å²) >= 11 is 0. The predicted octanol–water partition coefficient (Wildman–Crippen LogP) is 3.75. The lowest BCUT2D eigenvalue weighted by molar-refractivity contribution is -0.120. The summed E-state index contributed by atoms with van der Waals surface area (Å²) in [6, 6.07) is 15.4. The van der Waals surface area contributed by atoms with Gasteiger partial charge in [0.15, 0.2) is 0 Å². The Morgan fingerprint density at radius 3 is 2.20 bits per heavy atom. The van der Waals surface area contributed by atoms with E-state index in [1.54, 1.807) is 25.3 Å². The zero-order chi connectivity index (χ0) is 18.2. The highest BCUT2D eigenvalue weighted by Crippen LogP contribution is 2.15. The highest BCUT2D eigenvalue weighted by Gasteiger charge is 2.02. The van der Waals surface area contributed by atoms with E-state index in [1.807, 2.05) is 24.3 Å². The van der Waals surface area contributed by atoms with E-state index in [1.165, 1.54) is 11.6 Å². The van der Waals surface area contributed by atoms with Gasteiger partial charge in [-0.1, -0.05) is 50.2 Å². The number of rotatable bonds is 6. The molecule has 4 heteroatoms. The van der Waals surface area contributed by atoms with Crippen LogP contribution in [0.25, 0.3) is 6.08 Å². The minimum absolute atomic E-state index is 0.0387. The van der Waals surface area contributed by atoms with Crippen LogP contribution in [0.4, 0.5) is 5.69 Å². The van der Waals surface area contributed by atoms with Crippen LogP contribution in [0.5, 0.6) is 0 Å². The van der Waals surface area contributed by atoms with Gasteiger partial charge in [0, 0.05) is 18.8 Å². The summed E-state index contributed by atoms with van der Waals surface area (Å²) in [6.07, 6.45) is 3.64. The van der Waals surface area contributed by atoms with Gasteiger partial charge >= 0.3 is 0 Å². The number of carbonyl (C=O) groups is 2. The van der Waals surface area contributed by atoms with E-state index in [2.05, 4.69) is 36.6 Å². The van der Waals surface area contributed by atoms with Gasteiger partial charge in [0.1, 0.15) is 0 Å². The zero-order valence-corrected chi connectivity index (χ0v) is 14.9. The molecule has 0 saturated carbocycles. The lowest BCUT2D eigenvalue weighted by Crippen LogP contribution is -2.19. The third-order valence-electron chi connectivity index (χ3n) is 3.90. The van der Waals surface area contributed by atoms with E-state index in [0.717, 1.165) is 11.1 Å².